The number of likely N-dealkylation sites (tertiary alicyclic amines) is 1. The van der Waals surface area contributed by atoms with Crippen molar-refractivity contribution >= 4 is 0 Å². The first-order valence-corrected chi connectivity index (χ1v) is 7.72. The van der Waals surface area contributed by atoms with Crippen molar-refractivity contribution in [2.24, 2.45) is 5.73 Å². The average Bonchev–Trinajstić information content (AvgIpc) is 3.00. The van der Waals surface area contributed by atoms with Crippen LogP contribution in [0.4, 0.5) is 0 Å². The fourth-order valence-electron chi connectivity index (χ4n) is 3.51. The molecular formula is C18H23N3. The summed E-state index contributed by atoms with van der Waals surface area (Å²) < 4.78 is 0. The van der Waals surface area contributed by atoms with Crippen LogP contribution in [0.3, 0.4) is 0 Å². The fraction of sp³-hybridized carbons (Fsp3) is 0.389. The highest BCUT2D eigenvalue weighted by Gasteiger charge is 2.32. The van der Waals surface area contributed by atoms with Crippen molar-refractivity contribution in [1.82, 2.24) is 9.88 Å². The van der Waals surface area contributed by atoms with Gasteiger partial charge in [-0.05, 0) is 55.1 Å². The van der Waals surface area contributed by atoms with Crippen LogP contribution in [0.5, 0.6) is 0 Å². The van der Waals surface area contributed by atoms with Gasteiger partial charge in [0.1, 0.15) is 0 Å². The molecule has 3 nitrogen and oxygen atoms in total. The fourth-order valence-corrected chi connectivity index (χ4v) is 3.51. The number of hydrogen-bond donors (Lipinski definition) is 1. The molecule has 0 amide bonds. The van der Waals surface area contributed by atoms with Gasteiger partial charge in [0.05, 0.1) is 0 Å². The van der Waals surface area contributed by atoms with E-state index in [0.717, 1.165) is 6.54 Å². The van der Waals surface area contributed by atoms with Crippen molar-refractivity contribution in [2.45, 2.75) is 31.8 Å². The van der Waals surface area contributed by atoms with Gasteiger partial charge in [-0.2, -0.15) is 0 Å². The molecule has 0 bridgehead atoms. The molecule has 2 N–H and O–H groups in total. The van der Waals surface area contributed by atoms with Crippen LogP contribution in [0.2, 0.25) is 0 Å². The van der Waals surface area contributed by atoms with Crippen LogP contribution in [0.25, 0.3) is 0 Å². The lowest BCUT2D eigenvalue weighted by Gasteiger charge is -2.33. The van der Waals surface area contributed by atoms with Crippen LogP contribution in [0.15, 0.2) is 48.8 Å². The minimum atomic E-state index is 0.298. The van der Waals surface area contributed by atoms with Crippen molar-refractivity contribution in [2.75, 3.05) is 13.1 Å². The standard InChI is InChI=1S/C18H23N3/c1-14-5-2-3-6-16(14)18(13-19)21-12-4-7-17(21)15-8-10-20-11-9-15/h2-3,5-6,8-11,17-18H,4,7,12-13,19H2,1H3. The molecular weight excluding hydrogens is 258 g/mol. The zero-order chi connectivity index (χ0) is 14.7. The first-order chi connectivity index (χ1) is 10.3. The zero-order valence-electron chi connectivity index (χ0n) is 12.6. The number of benzene rings is 1. The van der Waals surface area contributed by atoms with Crippen LogP contribution < -0.4 is 5.73 Å². The Hall–Kier alpha value is -1.71. The predicted octanol–water partition coefficient (Wildman–Crippen LogP) is 3.23. The third kappa shape index (κ3) is 2.85. The highest BCUT2D eigenvalue weighted by Crippen LogP contribution is 2.38. The second-order valence-corrected chi connectivity index (χ2v) is 5.78. The lowest BCUT2D eigenvalue weighted by Crippen LogP contribution is -2.33. The Labute approximate surface area is 126 Å². The molecule has 3 rings (SSSR count). The van der Waals surface area contributed by atoms with Crippen LogP contribution >= 0.6 is 0 Å². The van der Waals surface area contributed by atoms with Crippen molar-refractivity contribution in [3.8, 4) is 0 Å². The summed E-state index contributed by atoms with van der Waals surface area (Å²) in [6, 6.07) is 13.6. The first-order valence-electron chi connectivity index (χ1n) is 7.72. The Balaban J connectivity index is 1.91. The molecule has 1 aliphatic rings. The molecule has 3 heteroatoms. The van der Waals surface area contributed by atoms with E-state index in [1.54, 1.807) is 0 Å². The molecule has 1 fully saturated rings. The first kappa shape index (κ1) is 14.2. The Morgan fingerprint density at radius 2 is 2.00 bits per heavy atom. The molecule has 2 atom stereocenters. The molecule has 1 aliphatic heterocycles. The maximum absolute atomic E-state index is 6.14. The van der Waals surface area contributed by atoms with E-state index in [1.165, 1.54) is 29.5 Å². The summed E-state index contributed by atoms with van der Waals surface area (Å²) in [5.41, 5.74) is 10.2. The molecule has 2 aromatic rings. The minimum absolute atomic E-state index is 0.298. The summed E-state index contributed by atoms with van der Waals surface area (Å²) in [6.07, 6.45) is 6.20. The van der Waals surface area contributed by atoms with Crippen LogP contribution in [0.1, 0.15) is 41.6 Å². The summed E-state index contributed by atoms with van der Waals surface area (Å²) in [7, 11) is 0. The zero-order valence-corrected chi connectivity index (χ0v) is 12.6. The highest BCUT2D eigenvalue weighted by atomic mass is 15.2. The average molecular weight is 281 g/mol. The summed E-state index contributed by atoms with van der Waals surface area (Å²) in [5, 5.41) is 0. The molecule has 0 radical (unpaired) electrons. The van der Waals surface area contributed by atoms with Crippen LogP contribution in [-0.4, -0.2) is 23.0 Å². The van der Waals surface area contributed by atoms with Gasteiger partial charge in [-0.15, -0.1) is 0 Å². The summed E-state index contributed by atoms with van der Waals surface area (Å²) >= 11 is 0. The van der Waals surface area contributed by atoms with Gasteiger partial charge in [0.2, 0.25) is 0 Å². The lowest BCUT2D eigenvalue weighted by molar-refractivity contribution is 0.185. The van der Waals surface area contributed by atoms with Crippen molar-refractivity contribution in [3.05, 3.63) is 65.5 Å². The maximum Gasteiger partial charge on any atom is 0.0479 e. The second-order valence-electron chi connectivity index (χ2n) is 5.78. The second kappa shape index (κ2) is 6.37. The maximum atomic E-state index is 6.14. The predicted molar refractivity (Wildman–Crippen MR) is 85.9 cm³/mol. The van der Waals surface area contributed by atoms with Crippen molar-refractivity contribution in [3.63, 3.8) is 0 Å². The summed E-state index contributed by atoms with van der Waals surface area (Å²) in [4.78, 5) is 6.70. The molecule has 1 aromatic heterocycles. The third-order valence-corrected chi connectivity index (χ3v) is 4.56. The molecule has 1 saturated heterocycles. The van der Waals surface area contributed by atoms with Gasteiger partial charge in [-0.1, -0.05) is 24.3 Å². The number of aromatic nitrogens is 1. The van der Waals surface area contributed by atoms with E-state index in [4.69, 9.17) is 5.73 Å². The smallest absolute Gasteiger partial charge is 0.0479 e. The lowest BCUT2D eigenvalue weighted by atomic mass is 9.97. The quantitative estimate of drug-likeness (QED) is 0.935. The van der Waals surface area contributed by atoms with E-state index in [1.807, 2.05) is 12.4 Å². The van der Waals surface area contributed by atoms with E-state index in [-0.39, 0.29) is 0 Å². The Kier molecular flexibility index (Phi) is 4.32. The molecule has 0 aliphatic carbocycles. The molecule has 2 heterocycles. The molecule has 0 spiro atoms. The molecule has 110 valence electrons. The third-order valence-electron chi connectivity index (χ3n) is 4.56. The van der Waals surface area contributed by atoms with Gasteiger partial charge < -0.3 is 5.73 Å². The van der Waals surface area contributed by atoms with Crippen LogP contribution in [-0.2, 0) is 0 Å². The van der Waals surface area contributed by atoms with Gasteiger partial charge in [-0.3, -0.25) is 9.88 Å². The molecule has 1 aromatic carbocycles. The highest BCUT2D eigenvalue weighted by molar-refractivity contribution is 5.30. The Bertz CT molecular complexity index is 582. The molecule has 21 heavy (non-hydrogen) atoms. The molecule has 2 unspecified atom stereocenters. The van der Waals surface area contributed by atoms with Crippen molar-refractivity contribution in [1.29, 1.82) is 0 Å². The number of aryl methyl sites for hydroxylation is 1. The van der Waals surface area contributed by atoms with Gasteiger partial charge in [0, 0.05) is 31.0 Å². The largest absolute Gasteiger partial charge is 0.329 e. The normalized spacial score (nSPS) is 20.6. The van der Waals surface area contributed by atoms with Gasteiger partial charge in [0.25, 0.3) is 0 Å². The minimum Gasteiger partial charge on any atom is -0.329 e. The monoisotopic (exact) mass is 281 g/mol. The van der Waals surface area contributed by atoms with Gasteiger partial charge >= 0.3 is 0 Å². The number of nitrogens with zero attached hydrogens (tertiary/aromatic N) is 2. The van der Waals surface area contributed by atoms with E-state index in [9.17, 15) is 0 Å². The molecule has 0 saturated carbocycles. The Morgan fingerprint density at radius 1 is 1.24 bits per heavy atom. The number of pyridine rings is 1. The van der Waals surface area contributed by atoms with Crippen molar-refractivity contribution < 1.29 is 0 Å². The number of hydrogen-bond acceptors (Lipinski definition) is 3. The SMILES string of the molecule is Cc1ccccc1C(CN)N1CCCC1c1ccncc1. The van der Waals surface area contributed by atoms with E-state index in [0.29, 0.717) is 18.6 Å². The Morgan fingerprint density at radius 3 is 2.71 bits per heavy atom. The number of nitrogens with two attached hydrogens (primary N) is 1. The topological polar surface area (TPSA) is 42.1 Å². The van der Waals surface area contributed by atoms with Crippen LogP contribution in [0, 0.1) is 6.92 Å². The van der Waals surface area contributed by atoms with Gasteiger partial charge in [-0.25, -0.2) is 0 Å². The van der Waals surface area contributed by atoms with E-state index < -0.39 is 0 Å². The number of rotatable bonds is 4. The summed E-state index contributed by atoms with van der Waals surface area (Å²) in [5.74, 6) is 0. The summed E-state index contributed by atoms with van der Waals surface area (Å²) in [6.45, 7) is 3.95. The van der Waals surface area contributed by atoms with Gasteiger partial charge in [0.15, 0.2) is 0 Å². The van der Waals surface area contributed by atoms with E-state index >= 15 is 0 Å². The van der Waals surface area contributed by atoms with E-state index in [2.05, 4.69) is 53.2 Å².